The summed E-state index contributed by atoms with van der Waals surface area (Å²) in [6.45, 7) is 5.37. The number of anilines is 2. The zero-order valence-corrected chi connectivity index (χ0v) is 16.8. The average Bonchev–Trinajstić information content (AvgIpc) is 3.01. The molecule has 2 aromatic carbocycles. The van der Waals surface area contributed by atoms with Gasteiger partial charge in [0.05, 0.1) is 17.3 Å². The van der Waals surface area contributed by atoms with Gasteiger partial charge in [-0.1, -0.05) is 11.3 Å². The van der Waals surface area contributed by atoms with Gasteiger partial charge < -0.3 is 9.47 Å². The molecule has 2 amide bonds. The fourth-order valence-corrected chi connectivity index (χ4v) is 3.27. The number of methoxy groups -OCH3 is 1. The van der Waals surface area contributed by atoms with Crippen molar-refractivity contribution in [2.75, 3.05) is 17.7 Å². The lowest BCUT2D eigenvalue weighted by Crippen LogP contribution is -2.27. The number of thiazole rings is 1. The van der Waals surface area contributed by atoms with Gasteiger partial charge in [-0.25, -0.2) is 9.78 Å². The molecule has 0 aliphatic heterocycles. The maximum absolute atomic E-state index is 12.5. The van der Waals surface area contributed by atoms with Gasteiger partial charge in [0, 0.05) is 11.3 Å². The third kappa shape index (κ3) is 4.98. The Morgan fingerprint density at radius 3 is 2.39 bits per heavy atom. The second-order valence-electron chi connectivity index (χ2n) is 7.01. The molecule has 3 rings (SSSR count). The Morgan fingerprint density at radius 1 is 1.04 bits per heavy atom. The standard InChI is InChI=1S/C20H21N3O4S/c1-20(2,3)27-19(25)21-13-7-5-12(6-8-13)17(24)23-18-22-15-10-9-14(26-4)11-16(15)28-18/h5-11H,1-4H3,(H,21,25)(H,22,23,24). The van der Waals surface area contributed by atoms with Gasteiger partial charge in [0.15, 0.2) is 5.13 Å². The van der Waals surface area contributed by atoms with Crippen LogP contribution in [0.3, 0.4) is 0 Å². The van der Waals surface area contributed by atoms with Gasteiger partial charge in [0.25, 0.3) is 5.91 Å². The van der Waals surface area contributed by atoms with E-state index in [9.17, 15) is 9.59 Å². The molecule has 2 N–H and O–H groups in total. The van der Waals surface area contributed by atoms with Crippen LogP contribution in [0.1, 0.15) is 31.1 Å². The van der Waals surface area contributed by atoms with Crippen LogP contribution in [0.5, 0.6) is 5.75 Å². The molecule has 146 valence electrons. The number of amides is 2. The van der Waals surface area contributed by atoms with Crippen LogP contribution < -0.4 is 15.4 Å². The van der Waals surface area contributed by atoms with E-state index in [0.717, 1.165) is 16.0 Å². The molecule has 0 aliphatic carbocycles. The van der Waals surface area contributed by atoms with Gasteiger partial charge in [0.2, 0.25) is 0 Å². The van der Waals surface area contributed by atoms with Crippen molar-refractivity contribution in [3.63, 3.8) is 0 Å². The number of nitrogens with one attached hydrogen (secondary N) is 2. The zero-order chi connectivity index (χ0) is 20.3. The number of aromatic nitrogens is 1. The summed E-state index contributed by atoms with van der Waals surface area (Å²) in [6, 6.07) is 12.1. The SMILES string of the molecule is COc1ccc2nc(NC(=O)c3ccc(NC(=O)OC(C)(C)C)cc3)sc2c1. The number of carbonyl (C=O) groups is 2. The van der Waals surface area contributed by atoms with Crippen molar-refractivity contribution in [1.29, 1.82) is 0 Å². The highest BCUT2D eigenvalue weighted by molar-refractivity contribution is 7.22. The van der Waals surface area contributed by atoms with E-state index in [1.807, 2.05) is 18.2 Å². The Kier molecular flexibility index (Phi) is 5.51. The van der Waals surface area contributed by atoms with Crippen molar-refractivity contribution in [2.45, 2.75) is 26.4 Å². The number of hydrogen-bond acceptors (Lipinski definition) is 6. The van der Waals surface area contributed by atoms with E-state index in [1.165, 1.54) is 11.3 Å². The quantitative estimate of drug-likeness (QED) is 0.651. The topological polar surface area (TPSA) is 89.5 Å². The highest BCUT2D eigenvalue weighted by Crippen LogP contribution is 2.29. The van der Waals surface area contributed by atoms with Crippen LogP contribution in [0, 0.1) is 0 Å². The molecule has 0 aliphatic rings. The van der Waals surface area contributed by atoms with E-state index >= 15 is 0 Å². The molecule has 0 unspecified atom stereocenters. The molecule has 7 nitrogen and oxygen atoms in total. The summed E-state index contributed by atoms with van der Waals surface area (Å²) in [7, 11) is 1.60. The first-order valence-electron chi connectivity index (χ1n) is 8.59. The highest BCUT2D eigenvalue weighted by atomic mass is 32.1. The lowest BCUT2D eigenvalue weighted by molar-refractivity contribution is 0.0636. The van der Waals surface area contributed by atoms with Crippen molar-refractivity contribution < 1.29 is 19.1 Å². The monoisotopic (exact) mass is 399 g/mol. The lowest BCUT2D eigenvalue weighted by Gasteiger charge is -2.19. The summed E-state index contributed by atoms with van der Waals surface area (Å²) >= 11 is 1.37. The van der Waals surface area contributed by atoms with E-state index in [2.05, 4.69) is 15.6 Å². The van der Waals surface area contributed by atoms with Crippen LogP contribution in [0.4, 0.5) is 15.6 Å². The van der Waals surface area contributed by atoms with Gasteiger partial charge in [-0.2, -0.15) is 0 Å². The molecule has 3 aromatic rings. The first kappa shape index (κ1) is 19.6. The predicted molar refractivity (Wildman–Crippen MR) is 110 cm³/mol. The number of nitrogens with zero attached hydrogens (tertiary/aromatic N) is 1. The third-order valence-electron chi connectivity index (χ3n) is 3.61. The molecule has 0 saturated heterocycles. The van der Waals surface area contributed by atoms with Gasteiger partial charge in [-0.3, -0.25) is 15.4 Å². The van der Waals surface area contributed by atoms with Crippen molar-refractivity contribution in [3.05, 3.63) is 48.0 Å². The molecule has 28 heavy (non-hydrogen) atoms. The normalized spacial score (nSPS) is 11.1. The summed E-state index contributed by atoms with van der Waals surface area (Å²) in [5.74, 6) is 0.456. The summed E-state index contributed by atoms with van der Waals surface area (Å²) in [5, 5.41) is 5.92. The van der Waals surface area contributed by atoms with Crippen LogP contribution in [0.2, 0.25) is 0 Å². The number of hydrogen-bond donors (Lipinski definition) is 2. The van der Waals surface area contributed by atoms with E-state index < -0.39 is 11.7 Å². The highest BCUT2D eigenvalue weighted by Gasteiger charge is 2.16. The summed E-state index contributed by atoms with van der Waals surface area (Å²) in [4.78, 5) is 28.6. The number of carbonyl (C=O) groups excluding carboxylic acids is 2. The Labute approximate surface area is 166 Å². The van der Waals surface area contributed by atoms with Crippen LogP contribution in [0.25, 0.3) is 10.2 Å². The lowest BCUT2D eigenvalue weighted by atomic mass is 10.2. The second-order valence-corrected chi connectivity index (χ2v) is 8.04. The average molecular weight is 399 g/mol. The van der Waals surface area contributed by atoms with E-state index in [1.54, 1.807) is 52.1 Å². The molecular weight excluding hydrogens is 378 g/mol. The van der Waals surface area contributed by atoms with Crippen molar-refractivity contribution in [1.82, 2.24) is 4.98 Å². The Morgan fingerprint density at radius 2 is 1.75 bits per heavy atom. The molecule has 0 spiro atoms. The fourth-order valence-electron chi connectivity index (χ4n) is 2.38. The van der Waals surface area contributed by atoms with Crippen LogP contribution >= 0.6 is 11.3 Å². The largest absolute Gasteiger partial charge is 0.497 e. The minimum atomic E-state index is -0.578. The van der Waals surface area contributed by atoms with Gasteiger partial charge in [-0.15, -0.1) is 0 Å². The minimum Gasteiger partial charge on any atom is -0.497 e. The van der Waals surface area contributed by atoms with Gasteiger partial charge in [0.1, 0.15) is 11.4 Å². The molecule has 0 radical (unpaired) electrons. The maximum Gasteiger partial charge on any atom is 0.412 e. The number of ether oxygens (including phenoxy) is 2. The molecule has 1 heterocycles. The van der Waals surface area contributed by atoms with Crippen molar-refractivity contribution in [3.8, 4) is 5.75 Å². The van der Waals surface area contributed by atoms with Crippen LogP contribution in [-0.2, 0) is 4.74 Å². The predicted octanol–water partition coefficient (Wildman–Crippen LogP) is 4.90. The Balaban J connectivity index is 1.65. The first-order valence-corrected chi connectivity index (χ1v) is 9.41. The summed E-state index contributed by atoms with van der Waals surface area (Å²) in [6.07, 6.45) is -0.547. The first-order chi connectivity index (χ1) is 13.2. The smallest absolute Gasteiger partial charge is 0.412 e. The van der Waals surface area contributed by atoms with Crippen LogP contribution in [0.15, 0.2) is 42.5 Å². The minimum absolute atomic E-state index is 0.283. The molecule has 8 heteroatoms. The molecule has 0 saturated carbocycles. The summed E-state index contributed by atoms with van der Waals surface area (Å²) in [5.41, 5.74) is 1.20. The molecular formula is C20H21N3O4S. The van der Waals surface area contributed by atoms with Crippen molar-refractivity contribution >= 4 is 44.4 Å². The maximum atomic E-state index is 12.5. The Hall–Kier alpha value is -3.13. The second kappa shape index (κ2) is 7.85. The number of fused-ring (bicyclic) bond motifs is 1. The third-order valence-corrected chi connectivity index (χ3v) is 4.54. The molecule has 0 fully saturated rings. The van der Waals surface area contributed by atoms with Gasteiger partial charge in [-0.05, 0) is 63.2 Å². The van der Waals surface area contributed by atoms with E-state index in [4.69, 9.17) is 9.47 Å². The zero-order valence-electron chi connectivity index (χ0n) is 16.0. The molecule has 0 atom stereocenters. The molecule has 0 bridgehead atoms. The number of benzene rings is 2. The number of rotatable bonds is 4. The van der Waals surface area contributed by atoms with Crippen molar-refractivity contribution in [2.24, 2.45) is 0 Å². The van der Waals surface area contributed by atoms with Crippen LogP contribution in [-0.4, -0.2) is 29.7 Å². The Bertz CT molecular complexity index is 1010. The summed E-state index contributed by atoms with van der Waals surface area (Å²) < 4.78 is 11.3. The van der Waals surface area contributed by atoms with Gasteiger partial charge >= 0.3 is 6.09 Å². The fraction of sp³-hybridized carbons (Fsp3) is 0.250. The van der Waals surface area contributed by atoms with E-state index in [-0.39, 0.29) is 5.91 Å². The molecule has 1 aromatic heterocycles. The van der Waals surface area contributed by atoms with E-state index in [0.29, 0.717) is 16.4 Å².